The molecule has 9 aromatic rings. The van der Waals surface area contributed by atoms with Crippen molar-refractivity contribution in [3.05, 3.63) is 292 Å². The first-order chi connectivity index (χ1) is 39.1. The fraction of sp³-hybridized carbons (Fsp3) is 0.174. The molecule has 3 amide bonds. The molecule has 0 radical (unpaired) electrons. The van der Waals surface area contributed by atoms with E-state index in [1.54, 1.807) is 44.2 Å². The molecule has 0 saturated carbocycles. The van der Waals surface area contributed by atoms with E-state index >= 15 is 4.79 Å². The lowest BCUT2D eigenvalue weighted by molar-refractivity contribution is -0.124. The molecule has 9 aromatic carbocycles. The van der Waals surface area contributed by atoms with Gasteiger partial charge in [-0.3, -0.25) is 9.59 Å². The van der Waals surface area contributed by atoms with Crippen LogP contribution in [0.4, 0.5) is 4.79 Å². The third-order valence-corrected chi connectivity index (χ3v) is 16.3. The Hall–Kier alpha value is -9.06. The number of nitrogens with one attached hydrogen (secondary N) is 3. The molecule has 0 bridgehead atoms. The second-order valence-corrected chi connectivity index (χ2v) is 21.1. The Kier molecular flexibility index (Phi) is 17.1. The molecule has 3 N–H and O–H groups in total. The summed E-state index contributed by atoms with van der Waals surface area (Å²) in [5.74, 6) is 0.639. The number of thioether (sulfide) groups is 1. The van der Waals surface area contributed by atoms with Crippen LogP contribution in [0.2, 0.25) is 0 Å². The molecular weight excluding hydrogens is 1010 g/mol. The Labute approximate surface area is 472 Å². The summed E-state index contributed by atoms with van der Waals surface area (Å²) in [6.45, 7) is 3.89. The molecule has 0 spiro atoms. The molecule has 1 unspecified atom stereocenters. The van der Waals surface area contributed by atoms with Crippen molar-refractivity contribution in [2.45, 2.75) is 42.6 Å². The van der Waals surface area contributed by atoms with E-state index in [0.717, 1.165) is 61.2 Å². The monoisotopic (exact) mass is 1080 g/mol. The van der Waals surface area contributed by atoms with Gasteiger partial charge in [0.2, 0.25) is 5.91 Å². The average molecular weight is 1080 g/mol. The Morgan fingerprint density at radius 2 is 0.988 bits per heavy atom. The average Bonchev–Trinajstić information content (AvgIpc) is 3.87. The number of carbonyl (C=O) groups is 3. The molecule has 11 heteroatoms. The van der Waals surface area contributed by atoms with Crippen LogP contribution in [0.5, 0.6) is 17.2 Å². The van der Waals surface area contributed by atoms with E-state index in [1.807, 2.05) is 166 Å². The van der Waals surface area contributed by atoms with Crippen molar-refractivity contribution in [2.75, 3.05) is 33.2 Å². The van der Waals surface area contributed by atoms with Crippen LogP contribution >= 0.6 is 11.8 Å². The van der Waals surface area contributed by atoms with Gasteiger partial charge >= 0.3 is 6.09 Å². The van der Waals surface area contributed by atoms with E-state index in [2.05, 4.69) is 76.6 Å². The molecule has 0 aliphatic heterocycles. The zero-order valence-corrected chi connectivity index (χ0v) is 46.0. The van der Waals surface area contributed by atoms with Gasteiger partial charge in [0.25, 0.3) is 5.91 Å². The summed E-state index contributed by atoms with van der Waals surface area (Å²) < 4.78 is 23.0. The number of benzene rings is 9. The van der Waals surface area contributed by atoms with Gasteiger partial charge < -0.3 is 34.9 Å². The van der Waals surface area contributed by atoms with Crippen molar-refractivity contribution in [2.24, 2.45) is 0 Å². The molecule has 80 heavy (non-hydrogen) atoms. The van der Waals surface area contributed by atoms with E-state index in [4.69, 9.17) is 18.9 Å². The van der Waals surface area contributed by atoms with Gasteiger partial charge in [0.15, 0.2) is 6.61 Å². The summed E-state index contributed by atoms with van der Waals surface area (Å²) in [5.41, 5.74) is 12.8. The highest BCUT2D eigenvalue weighted by Gasteiger charge is 2.40. The molecule has 0 heterocycles. The number of rotatable bonds is 21. The smallest absolute Gasteiger partial charge is 0.407 e. The summed E-state index contributed by atoms with van der Waals surface area (Å²) in [6, 6.07) is 73.6. The molecule has 0 aromatic heterocycles. The van der Waals surface area contributed by atoms with Crippen LogP contribution in [0.1, 0.15) is 79.2 Å². The van der Waals surface area contributed by atoms with Crippen LogP contribution in [0.25, 0.3) is 11.1 Å². The van der Waals surface area contributed by atoms with Crippen molar-refractivity contribution in [1.29, 1.82) is 0 Å². The summed E-state index contributed by atoms with van der Waals surface area (Å²) in [5, 5.41) is 9.55. The van der Waals surface area contributed by atoms with Crippen LogP contribution in [0.3, 0.4) is 0 Å². The Bertz CT molecular complexity index is 3360. The maximum atomic E-state index is 15.5. The standard InChI is InChI=1S/C69H63N3O7S/c1-46-28-32-48(33-29-46)65(49-34-30-47(2)31-35-49)71-64(73)44-78-54-38-36-50(37-39-54)66(60-41-40-55(76-3)42-63(60)77-4)72-67(74)62(70-68(75)79-43-61-58-26-16-14-24-56(58)57-25-15-17-27-59(57)61)45-80-69(51-18-8-5-9-19-51,52-20-10-6-11-21-52)53-22-12-7-13-23-53/h5-42,61-62,65-66H,43-45H2,1-4H3,(H,70,75)(H,71,73)(H,72,74)/t62-,66?/m0/s1. The first-order valence-electron chi connectivity index (χ1n) is 26.7. The van der Waals surface area contributed by atoms with Gasteiger partial charge in [-0.2, -0.15) is 0 Å². The van der Waals surface area contributed by atoms with Crippen molar-refractivity contribution in [1.82, 2.24) is 16.0 Å². The molecule has 402 valence electrons. The molecule has 1 aliphatic carbocycles. The molecule has 2 atom stereocenters. The Morgan fingerprint density at radius 3 is 1.50 bits per heavy atom. The van der Waals surface area contributed by atoms with E-state index in [0.29, 0.717) is 28.4 Å². The molecule has 0 saturated heterocycles. The lowest BCUT2D eigenvalue weighted by atomic mass is 9.84. The van der Waals surface area contributed by atoms with Crippen molar-refractivity contribution in [3.8, 4) is 28.4 Å². The van der Waals surface area contributed by atoms with Crippen LogP contribution < -0.4 is 30.2 Å². The topological polar surface area (TPSA) is 124 Å². The lowest BCUT2D eigenvalue weighted by Crippen LogP contribution is -2.50. The maximum absolute atomic E-state index is 15.5. The largest absolute Gasteiger partial charge is 0.497 e. The number of fused-ring (bicyclic) bond motifs is 3. The number of hydrogen-bond acceptors (Lipinski definition) is 8. The number of methoxy groups -OCH3 is 2. The van der Waals surface area contributed by atoms with Crippen LogP contribution in [0.15, 0.2) is 231 Å². The molecule has 10 rings (SSSR count). The minimum absolute atomic E-state index is 0.0607. The van der Waals surface area contributed by atoms with E-state index in [-0.39, 0.29) is 36.8 Å². The highest BCUT2D eigenvalue weighted by Crippen LogP contribution is 2.49. The minimum Gasteiger partial charge on any atom is -0.497 e. The zero-order chi connectivity index (χ0) is 55.4. The first kappa shape index (κ1) is 54.3. The maximum Gasteiger partial charge on any atom is 0.407 e. The van der Waals surface area contributed by atoms with Gasteiger partial charge in [0.05, 0.1) is 31.1 Å². The molecule has 1 aliphatic rings. The predicted octanol–water partition coefficient (Wildman–Crippen LogP) is 13.4. The second-order valence-electron chi connectivity index (χ2n) is 19.8. The van der Waals surface area contributed by atoms with E-state index in [9.17, 15) is 9.59 Å². The number of carbonyl (C=O) groups excluding carboxylic acids is 3. The van der Waals surface area contributed by atoms with E-state index in [1.165, 1.54) is 0 Å². The third kappa shape index (κ3) is 12.1. The summed E-state index contributed by atoms with van der Waals surface area (Å²) in [6.07, 6.45) is -0.731. The normalized spacial score (nSPS) is 12.6. The highest BCUT2D eigenvalue weighted by molar-refractivity contribution is 8.00. The minimum atomic E-state index is -1.14. The Balaban J connectivity index is 0.950. The summed E-state index contributed by atoms with van der Waals surface area (Å²) in [7, 11) is 3.14. The number of amides is 3. The highest BCUT2D eigenvalue weighted by atomic mass is 32.2. The third-order valence-electron chi connectivity index (χ3n) is 14.7. The zero-order valence-electron chi connectivity index (χ0n) is 45.1. The number of ether oxygens (including phenoxy) is 4. The molecule has 10 nitrogen and oxygen atoms in total. The van der Waals surface area contributed by atoms with Gasteiger partial charge in [-0.1, -0.05) is 211 Å². The summed E-state index contributed by atoms with van der Waals surface area (Å²) >= 11 is 1.55. The fourth-order valence-electron chi connectivity index (χ4n) is 10.6. The van der Waals surface area contributed by atoms with Crippen molar-refractivity contribution >= 4 is 29.7 Å². The van der Waals surface area contributed by atoms with Crippen LogP contribution in [-0.4, -0.2) is 57.1 Å². The van der Waals surface area contributed by atoms with Crippen LogP contribution in [-0.2, 0) is 19.1 Å². The van der Waals surface area contributed by atoms with Gasteiger partial charge in [0.1, 0.15) is 29.9 Å². The summed E-state index contributed by atoms with van der Waals surface area (Å²) in [4.78, 5) is 43.6. The quantitative estimate of drug-likeness (QED) is 0.0608. The lowest BCUT2D eigenvalue weighted by Gasteiger charge is -2.36. The van der Waals surface area contributed by atoms with Crippen molar-refractivity contribution in [3.63, 3.8) is 0 Å². The van der Waals surface area contributed by atoms with Crippen LogP contribution in [0, 0.1) is 13.8 Å². The Morgan fingerprint density at radius 1 is 0.512 bits per heavy atom. The SMILES string of the molecule is COc1ccc(C(NC(=O)[C@H](CSC(c2ccccc2)(c2ccccc2)c2ccccc2)NC(=O)OCC2c3ccccc3-c3ccccc32)c2ccc(OCC(=O)NC(c3ccc(C)cc3)c3ccc(C)cc3)cc2)c(OC)c1. The fourth-order valence-corrected chi connectivity index (χ4v) is 12.1. The second kappa shape index (κ2) is 25.2. The number of alkyl carbamates (subject to hydrolysis) is 1. The van der Waals surface area contributed by atoms with Gasteiger partial charge in [-0.25, -0.2) is 4.79 Å². The van der Waals surface area contributed by atoms with Gasteiger partial charge in [0, 0.05) is 23.3 Å². The predicted molar refractivity (Wildman–Crippen MR) is 317 cm³/mol. The number of aryl methyl sites for hydroxylation is 2. The molecular formula is C69H63N3O7S. The number of hydrogen-bond donors (Lipinski definition) is 3. The van der Waals surface area contributed by atoms with E-state index < -0.39 is 28.8 Å². The first-order valence-corrected chi connectivity index (χ1v) is 27.7. The van der Waals surface area contributed by atoms with Gasteiger partial charge in [-0.15, -0.1) is 11.8 Å². The molecule has 0 fully saturated rings. The van der Waals surface area contributed by atoms with Crippen molar-refractivity contribution < 1.29 is 33.3 Å². The van der Waals surface area contributed by atoms with Gasteiger partial charge in [-0.05, 0) is 93.7 Å².